The van der Waals surface area contributed by atoms with Crippen LogP contribution in [0.3, 0.4) is 0 Å². The molecule has 1 aliphatic heterocycles. The van der Waals surface area contributed by atoms with Crippen LogP contribution in [0.2, 0.25) is 0 Å². The van der Waals surface area contributed by atoms with Crippen molar-refractivity contribution in [3.05, 3.63) is 71.4 Å². The van der Waals surface area contributed by atoms with E-state index in [9.17, 15) is 8.42 Å². The molecule has 1 aliphatic rings. The first kappa shape index (κ1) is 19.7. The molecule has 0 unspecified atom stereocenters. The molecular formula is C23H26N2O3S. The van der Waals surface area contributed by atoms with E-state index in [-0.39, 0.29) is 5.75 Å². The summed E-state index contributed by atoms with van der Waals surface area (Å²) in [7, 11) is -1.68. The van der Waals surface area contributed by atoms with Crippen molar-refractivity contribution in [2.75, 3.05) is 19.4 Å². The fourth-order valence-electron chi connectivity index (χ4n) is 3.88. The molecule has 0 fully saturated rings. The standard InChI is InChI=1S/C23H26N2O3S/c1-3-29(26,27)20-9-11-23(28-2)21(14-20)22-10-8-19(24-22)16-25-13-12-17-6-4-5-7-18(17)15-25/h4-11,14,24H,3,12-13,15-16H2,1-2H3. The largest absolute Gasteiger partial charge is 0.496 e. The molecule has 2 heterocycles. The van der Waals surface area contributed by atoms with Gasteiger partial charge in [-0.15, -0.1) is 0 Å². The lowest BCUT2D eigenvalue weighted by Crippen LogP contribution is -2.30. The lowest BCUT2D eigenvalue weighted by atomic mass is 10.00. The number of hydrogen-bond acceptors (Lipinski definition) is 4. The molecule has 29 heavy (non-hydrogen) atoms. The zero-order valence-electron chi connectivity index (χ0n) is 16.8. The first-order valence-electron chi connectivity index (χ1n) is 9.88. The number of hydrogen-bond donors (Lipinski definition) is 1. The lowest BCUT2D eigenvalue weighted by Gasteiger charge is -2.28. The quantitative estimate of drug-likeness (QED) is 0.666. The Hall–Kier alpha value is -2.57. The number of benzene rings is 2. The summed E-state index contributed by atoms with van der Waals surface area (Å²) in [4.78, 5) is 6.20. The summed E-state index contributed by atoms with van der Waals surface area (Å²) in [5.41, 5.74) is 5.56. The van der Waals surface area contributed by atoms with Gasteiger partial charge in [-0.1, -0.05) is 31.2 Å². The topological polar surface area (TPSA) is 62.4 Å². The van der Waals surface area contributed by atoms with E-state index in [2.05, 4.69) is 40.2 Å². The van der Waals surface area contributed by atoms with E-state index in [1.165, 1.54) is 11.1 Å². The number of aromatic amines is 1. The zero-order valence-corrected chi connectivity index (χ0v) is 17.6. The summed E-state index contributed by atoms with van der Waals surface area (Å²) in [6, 6.07) is 17.7. The number of nitrogens with one attached hydrogen (secondary N) is 1. The maximum Gasteiger partial charge on any atom is 0.178 e. The SMILES string of the molecule is CCS(=O)(=O)c1ccc(OC)c(-c2ccc(CN3CCc4ccccc4C3)[nH]2)c1. The van der Waals surface area contributed by atoms with Crippen molar-refractivity contribution in [1.29, 1.82) is 0 Å². The highest BCUT2D eigenvalue weighted by Crippen LogP contribution is 2.32. The van der Waals surface area contributed by atoms with E-state index >= 15 is 0 Å². The second-order valence-corrected chi connectivity index (χ2v) is 9.67. The molecule has 0 radical (unpaired) electrons. The smallest absolute Gasteiger partial charge is 0.178 e. The van der Waals surface area contributed by atoms with Crippen LogP contribution < -0.4 is 4.74 Å². The van der Waals surface area contributed by atoms with Gasteiger partial charge in [0, 0.05) is 36.6 Å². The summed E-state index contributed by atoms with van der Waals surface area (Å²) in [5.74, 6) is 0.728. The van der Waals surface area contributed by atoms with E-state index < -0.39 is 9.84 Å². The number of methoxy groups -OCH3 is 1. The van der Waals surface area contributed by atoms with Crippen molar-refractivity contribution in [2.45, 2.75) is 31.3 Å². The van der Waals surface area contributed by atoms with Crippen molar-refractivity contribution >= 4 is 9.84 Å². The molecule has 5 nitrogen and oxygen atoms in total. The van der Waals surface area contributed by atoms with E-state index in [0.717, 1.165) is 43.0 Å². The van der Waals surface area contributed by atoms with Crippen molar-refractivity contribution in [2.24, 2.45) is 0 Å². The molecule has 0 spiro atoms. The van der Waals surface area contributed by atoms with Gasteiger partial charge in [0.2, 0.25) is 0 Å². The highest BCUT2D eigenvalue weighted by atomic mass is 32.2. The van der Waals surface area contributed by atoms with Crippen molar-refractivity contribution in [3.63, 3.8) is 0 Å². The van der Waals surface area contributed by atoms with Gasteiger partial charge in [0.05, 0.1) is 17.8 Å². The fourth-order valence-corrected chi connectivity index (χ4v) is 4.78. The molecule has 0 atom stereocenters. The average molecular weight is 411 g/mol. The Morgan fingerprint density at radius 3 is 2.62 bits per heavy atom. The van der Waals surface area contributed by atoms with Gasteiger partial charge in [0.25, 0.3) is 0 Å². The first-order chi connectivity index (χ1) is 14.0. The van der Waals surface area contributed by atoms with Gasteiger partial charge in [-0.25, -0.2) is 8.42 Å². The third-order valence-corrected chi connectivity index (χ3v) is 7.28. The highest BCUT2D eigenvalue weighted by Gasteiger charge is 2.18. The predicted octanol–water partition coefficient (Wildman–Crippen LogP) is 4.04. The number of aromatic nitrogens is 1. The maximum absolute atomic E-state index is 12.3. The van der Waals surface area contributed by atoms with Crippen LogP contribution in [-0.4, -0.2) is 37.7 Å². The van der Waals surface area contributed by atoms with Gasteiger partial charge in [-0.05, 0) is 47.9 Å². The molecule has 0 saturated carbocycles. The zero-order chi connectivity index (χ0) is 20.4. The average Bonchev–Trinajstić information content (AvgIpc) is 3.21. The lowest BCUT2D eigenvalue weighted by molar-refractivity contribution is 0.243. The second-order valence-electron chi connectivity index (χ2n) is 7.39. The summed E-state index contributed by atoms with van der Waals surface area (Å²) in [6.45, 7) is 4.45. The first-order valence-corrected chi connectivity index (χ1v) is 11.5. The minimum Gasteiger partial charge on any atom is -0.496 e. The Balaban J connectivity index is 1.57. The Bertz CT molecular complexity index is 1120. The normalized spacial score (nSPS) is 14.6. The Kier molecular flexibility index (Phi) is 5.48. The van der Waals surface area contributed by atoms with Crippen molar-refractivity contribution in [1.82, 2.24) is 9.88 Å². The third kappa shape index (κ3) is 4.09. The molecule has 0 bridgehead atoms. The number of fused-ring (bicyclic) bond motifs is 1. The highest BCUT2D eigenvalue weighted by molar-refractivity contribution is 7.91. The fraction of sp³-hybridized carbons (Fsp3) is 0.304. The van der Waals surface area contributed by atoms with Gasteiger partial charge in [0.15, 0.2) is 9.84 Å². The van der Waals surface area contributed by atoms with Gasteiger partial charge in [-0.2, -0.15) is 0 Å². The molecule has 3 aromatic rings. The van der Waals surface area contributed by atoms with Gasteiger partial charge >= 0.3 is 0 Å². The van der Waals surface area contributed by atoms with Crippen molar-refractivity contribution in [3.8, 4) is 17.0 Å². The number of rotatable bonds is 6. The number of H-pyrrole nitrogens is 1. The number of sulfone groups is 1. The third-order valence-electron chi connectivity index (χ3n) is 5.55. The Labute approximate surface area is 172 Å². The molecule has 0 saturated heterocycles. The summed E-state index contributed by atoms with van der Waals surface area (Å²) < 4.78 is 30.1. The second kappa shape index (κ2) is 8.05. The van der Waals surface area contributed by atoms with Gasteiger partial charge in [-0.3, -0.25) is 4.90 Å². The van der Waals surface area contributed by atoms with Crippen LogP contribution in [0.5, 0.6) is 5.75 Å². The van der Waals surface area contributed by atoms with Gasteiger partial charge < -0.3 is 9.72 Å². The van der Waals surface area contributed by atoms with E-state index in [4.69, 9.17) is 4.74 Å². The Morgan fingerprint density at radius 2 is 1.86 bits per heavy atom. The molecule has 1 aromatic heterocycles. The van der Waals surface area contributed by atoms with Gasteiger partial charge in [0.1, 0.15) is 5.75 Å². The molecular weight excluding hydrogens is 384 g/mol. The minimum absolute atomic E-state index is 0.0746. The monoisotopic (exact) mass is 410 g/mol. The maximum atomic E-state index is 12.3. The molecule has 0 amide bonds. The molecule has 0 aliphatic carbocycles. The molecule has 152 valence electrons. The number of ether oxygens (including phenoxy) is 1. The van der Waals surface area contributed by atoms with E-state index in [1.54, 1.807) is 32.2 Å². The molecule has 4 rings (SSSR count). The number of nitrogens with zero attached hydrogens (tertiary/aromatic N) is 1. The Morgan fingerprint density at radius 1 is 1.07 bits per heavy atom. The minimum atomic E-state index is -3.28. The molecule has 1 N–H and O–H groups in total. The van der Waals surface area contributed by atoms with Crippen LogP contribution in [0.25, 0.3) is 11.3 Å². The van der Waals surface area contributed by atoms with Crippen LogP contribution in [0.1, 0.15) is 23.7 Å². The summed E-state index contributed by atoms with van der Waals surface area (Å²) in [5, 5.41) is 0. The van der Waals surface area contributed by atoms with Crippen LogP contribution in [0, 0.1) is 0 Å². The molecule has 2 aromatic carbocycles. The van der Waals surface area contributed by atoms with E-state index in [1.807, 2.05) is 6.07 Å². The predicted molar refractivity (Wildman–Crippen MR) is 115 cm³/mol. The van der Waals surface area contributed by atoms with Crippen LogP contribution >= 0.6 is 0 Å². The van der Waals surface area contributed by atoms with Crippen molar-refractivity contribution < 1.29 is 13.2 Å². The van der Waals surface area contributed by atoms with Crippen LogP contribution in [0.4, 0.5) is 0 Å². The van der Waals surface area contributed by atoms with Crippen LogP contribution in [-0.2, 0) is 29.3 Å². The summed E-state index contributed by atoms with van der Waals surface area (Å²) >= 11 is 0. The molecule has 6 heteroatoms. The van der Waals surface area contributed by atoms with Crippen LogP contribution in [0.15, 0.2) is 59.5 Å². The summed E-state index contributed by atoms with van der Waals surface area (Å²) in [6.07, 6.45) is 1.06. The van der Waals surface area contributed by atoms with E-state index in [0.29, 0.717) is 10.6 Å².